The van der Waals surface area contributed by atoms with Crippen molar-refractivity contribution in [1.82, 2.24) is 30.2 Å². The fourth-order valence-electron chi connectivity index (χ4n) is 9.26. The van der Waals surface area contributed by atoms with Crippen LogP contribution in [-0.4, -0.2) is 156 Å². The molecule has 2 heterocycles. The lowest BCUT2D eigenvalue weighted by atomic mass is 9.90. The number of carbonyl (C=O) groups is 8. The molecule has 0 bridgehead atoms. The highest BCUT2D eigenvalue weighted by Gasteiger charge is 2.43. The van der Waals surface area contributed by atoms with Gasteiger partial charge in [-0.05, 0) is 56.9 Å². The smallest absolute Gasteiger partial charge is 0.326 e. The van der Waals surface area contributed by atoms with Crippen molar-refractivity contribution in [3.8, 4) is 0 Å². The van der Waals surface area contributed by atoms with Gasteiger partial charge < -0.3 is 39.9 Å². The van der Waals surface area contributed by atoms with Crippen molar-refractivity contribution in [2.75, 3.05) is 41.4 Å². The lowest BCUT2D eigenvalue weighted by Crippen LogP contribution is -2.58. The molecule has 1 fully saturated rings. The van der Waals surface area contributed by atoms with E-state index in [4.69, 9.17) is 9.47 Å². The number of hydrogen-bond acceptors (Lipinski definition) is 10. The zero-order chi connectivity index (χ0) is 50.1. The highest BCUT2D eigenvalue weighted by Crippen LogP contribution is 2.30. The summed E-state index contributed by atoms with van der Waals surface area (Å²) in [5.41, 5.74) is 1.53. The maximum atomic E-state index is 14.6. The largest absolute Gasteiger partial charge is 0.480 e. The first-order valence-electron chi connectivity index (χ1n) is 23.6. The monoisotopic (exact) mass is 937 g/mol. The Bertz CT molecular complexity index is 1920. The first-order chi connectivity index (χ1) is 31.7. The summed E-state index contributed by atoms with van der Waals surface area (Å²) in [4.78, 5) is 112. The Kier molecular flexibility index (Phi) is 22.4. The van der Waals surface area contributed by atoms with E-state index in [-0.39, 0.29) is 61.3 Å². The molecule has 2 aliphatic rings. The number of ether oxygens (including phenoxy) is 2. The maximum absolute atomic E-state index is 14.6. The van der Waals surface area contributed by atoms with Crippen LogP contribution in [-0.2, 0) is 54.3 Å². The number of rotatable bonds is 27. The molecule has 9 atom stereocenters. The molecule has 0 aliphatic carbocycles. The van der Waals surface area contributed by atoms with E-state index in [1.54, 1.807) is 61.2 Å². The van der Waals surface area contributed by atoms with Crippen molar-refractivity contribution in [2.24, 2.45) is 17.8 Å². The van der Waals surface area contributed by atoms with Gasteiger partial charge in [0.15, 0.2) is 0 Å². The van der Waals surface area contributed by atoms with Crippen molar-refractivity contribution in [1.29, 1.82) is 0 Å². The molecular weight excluding hydrogens is 861 g/mol. The summed E-state index contributed by atoms with van der Waals surface area (Å²) in [6, 6.07) is 4.76. The number of aliphatic carboxylic acids is 1. The second-order valence-electron chi connectivity index (χ2n) is 18.6. The topological polar surface area (TPSA) is 212 Å². The van der Waals surface area contributed by atoms with E-state index in [0.717, 1.165) is 11.1 Å². The van der Waals surface area contributed by atoms with Gasteiger partial charge in [-0.2, -0.15) is 0 Å². The number of amides is 7. The highest BCUT2D eigenvalue weighted by atomic mass is 16.5. The first kappa shape index (κ1) is 55.9. The molecule has 1 aromatic carbocycles. The van der Waals surface area contributed by atoms with Gasteiger partial charge in [0.1, 0.15) is 18.1 Å². The standard InChI is InChI=1S/C50H76N6O11/c1-12-33(6)45(39(66-10)30-43(60)55-27-19-22-38(55)46(67-11)34(7)47(61)52-37(50(64)65)29-35-20-15-13-16-21-35)54(9)49(63)36(28-31(2)3)51-48(62)44(32(4)5)53(8)40(57)23-17-14-18-26-56-41(58)24-25-42(56)59/h13,15-16,20-21,24-25,28,32-34,36-39,44-46H,12,14,17-19,22-23,26-27,29-30H2,1-11H3,(H,51,62)(H,52,61)(H,64,65)/t33-,34+,36-,37-,38-,39+,44-,45-,46+/m0/s1. The lowest BCUT2D eigenvalue weighted by Gasteiger charge is -2.40. The van der Waals surface area contributed by atoms with Crippen molar-refractivity contribution in [3.63, 3.8) is 0 Å². The minimum absolute atomic E-state index is 0.0947. The molecule has 372 valence electrons. The molecule has 2 aliphatic heterocycles. The molecule has 7 amide bonds. The SMILES string of the molecule is CC[C@H](C)[C@@H]([C@@H](CC(=O)N1CCC[C@H]1[C@H](OC)[C@@H](C)C(=O)N[C@@H](Cc1ccccc1)C(=O)O)OC)N(C)C(=O)[C@H](C=C(C)C)NC(=O)[C@H](C(C)C)N(C)C(=O)CCCCCN1C(=O)C=CC1=O. The van der Waals surface area contributed by atoms with E-state index >= 15 is 0 Å². The van der Waals surface area contributed by atoms with Crippen molar-refractivity contribution >= 4 is 47.3 Å². The van der Waals surface area contributed by atoms with Crippen LogP contribution in [0.25, 0.3) is 0 Å². The number of allylic oxidation sites excluding steroid dienone is 1. The fourth-order valence-corrected chi connectivity index (χ4v) is 9.26. The van der Waals surface area contributed by atoms with Crippen LogP contribution in [0.4, 0.5) is 0 Å². The van der Waals surface area contributed by atoms with Crippen LogP contribution in [0.1, 0.15) is 105 Å². The van der Waals surface area contributed by atoms with Crippen LogP contribution in [0.5, 0.6) is 0 Å². The predicted molar refractivity (Wildman–Crippen MR) is 253 cm³/mol. The Labute approximate surface area is 397 Å². The van der Waals surface area contributed by atoms with E-state index in [9.17, 15) is 43.5 Å². The molecule has 3 rings (SSSR count). The van der Waals surface area contributed by atoms with Crippen LogP contribution in [0, 0.1) is 17.8 Å². The number of methoxy groups -OCH3 is 2. The molecule has 17 heteroatoms. The third-order valence-electron chi connectivity index (χ3n) is 13.1. The molecule has 0 saturated carbocycles. The summed E-state index contributed by atoms with van der Waals surface area (Å²) >= 11 is 0. The third kappa shape index (κ3) is 15.6. The zero-order valence-corrected chi connectivity index (χ0v) is 41.5. The van der Waals surface area contributed by atoms with E-state index < -0.39 is 72.0 Å². The van der Waals surface area contributed by atoms with Gasteiger partial charge in [-0.15, -0.1) is 0 Å². The summed E-state index contributed by atoms with van der Waals surface area (Å²) < 4.78 is 11.9. The van der Waals surface area contributed by atoms with Gasteiger partial charge in [0, 0.05) is 66.4 Å². The normalized spacial score (nSPS) is 18.4. The van der Waals surface area contributed by atoms with Crippen molar-refractivity contribution in [3.05, 3.63) is 59.7 Å². The average Bonchev–Trinajstić information content (AvgIpc) is 3.90. The fraction of sp³-hybridized carbons (Fsp3) is 0.640. The number of carbonyl (C=O) groups excluding carboxylic acids is 7. The molecule has 0 radical (unpaired) electrons. The van der Waals surface area contributed by atoms with Crippen LogP contribution < -0.4 is 10.6 Å². The Morgan fingerprint density at radius 1 is 0.881 bits per heavy atom. The molecular formula is C50H76N6O11. The third-order valence-corrected chi connectivity index (χ3v) is 13.1. The number of likely N-dealkylation sites (tertiary alicyclic amines) is 1. The van der Waals surface area contributed by atoms with E-state index in [0.29, 0.717) is 45.1 Å². The van der Waals surface area contributed by atoms with Crippen LogP contribution in [0.15, 0.2) is 54.1 Å². The number of carboxylic acids is 1. The molecule has 67 heavy (non-hydrogen) atoms. The molecule has 0 aromatic heterocycles. The van der Waals surface area contributed by atoms with Gasteiger partial charge in [-0.3, -0.25) is 38.5 Å². The van der Waals surface area contributed by atoms with E-state index in [2.05, 4.69) is 10.6 Å². The zero-order valence-electron chi connectivity index (χ0n) is 41.5. The number of hydrogen-bond donors (Lipinski definition) is 3. The quantitative estimate of drug-likeness (QED) is 0.0649. The van der Waals surface area contributed by atoms with Gasteiger partial charge in [0.2, 0.25) is 29.5 Å². The molecule has 3 N–H and O–H groups in total. The molecule has 1 saturated heterocycles. The van der Waals surface area contributed by atoms with Gasteiger partial charge in [0.05, 0.1) is 36.6 Å². The molecule has 0 spiro atoms. The minimum Gasteiger partial charge on any atom is -0.480 e. The summed E-state index contributed by atoms with van der Waals surface area (Å²) in [5.74, 6) is -5.06. The van der Waals surface area contributed by atoms with Crippen LogP contribution in [0.2, 0.25) is 0 Å². The highest BCUT2D eigenvalue weighted by molar-refractivity contribution is 6.12. The van der Waals surface area contributed by atoms with Gasteiger partial charge >= 0.3 is 5.97 Å². The molecule has 1 aromatic rings. The average molecular weight is 937 g/mol. The second-order valence-corrected chi connectivity index (χ2v) is 18.6. The molecule has 17 nitrogen and oxygen atoms in total. The van der Waals surface area contributed by atoms with Gasteiger partial charge in [0.25, 0.3) is 11.8 Å². The van der Waals surface area contributed by atoms with Crippen LogP contribution in [0.3, 0.4) is 0 Å². The minimum atomic E-state index is -1.16. The summed E-state index contributed by atoms with van der Waals surface area (Å²) in [5, 5.41) is 15.5. The maximum Gasteiger partial charge on any atom is 0.326 e. The summed E-state index contributed by atoms with van der Waals surface area (Å²) in [6.45, 7) is 13.6. The number of nitrogens with zero attached hydrogens (tertiary/aromatic N) is 4. The Morgan fingerprint density at radius 2 is 1.52 bits per heavy atom. The van der Waals surface area contributed by atoms with Crippen LogP contribution >= 0.6 is 0 Å². The van der Waals surface area contributed by atoms with E-state index in [1.807, 2.05) is 47.6 Å². The Hall–Kier alpha value is -5.42. The lowest BCUT2D eigenvalue weighted by molar-refractivity contribution is -0.148. The predicted octanol–water partition coefficient (Wildman–Crippen LogP) is 4.14. The van der Waals surface area contributed by atoms with Crippen molar-refractivity contribution in [2.45, 2.75) is 149 Å². The number of likely N-dealkylation sites (N-methyl/N-ethyl adjacent to an activating group) is 2. The number of unbranched alkanes of at least 4 members (excludes halogenated alkanes) is 2. The first-order valence-corrected chi connectivity index (χ1v) is 23.6. The van der Waals surface area contributed by atoms with Gasteiger partial charge in [-0.1, -0.05) is 89.4 Å². The Morgan fingerprint density at radius 3 is 2.07 bits per heavy atom. The number of benzene rings is 1. The number of carboxylic acid groups (broad SMARTS) is 1. The number of nitrogens with one attached hydrogen (secondary N) is 2. The van der Waals surface area contributed by atoms with E-state index in [1.165, 1.54) is 36.2 Å². The van der Waals surface area contributed by atoms with Gasteiger partial charge in [-0.25, -0.2) is 4.79 Å². The summed E-state index contributed by atoms with van der Waals surface area (Å²) in [6.07, 6.45) is 6.28. The summed E-state index contributed by atoms with van der Waals surface area (Å²) in [7, 11) is 6.17. The Balaban J connectivity index is 1.74. The molecule has 0 unspecified atom stereocenters. The van der Waals surface area contributed by atoms with Crippen molar-refractivity contribution < 1.29 is 52.9 Å². The second kappa shape index (κ2) is 26.8. The number of imide groups is 1.